The van der Waals surface area contributed by atoms with Crippen LogP contribution in [-0.2, 0) is 14.3 Å². The van der Waals surface area contributed by atoms with E-state index in [0.717, 1.165) is 24.2 Å². The molecule has 0 radical (unpaired) electrons. The van der Waals surface area contributed by atoms with Crippen molar-refractivity contribution in [2.45, 2.75) is 84.7 Å². The molecule has 0 spiro atoms. The Bertz CT molecular complexity index is 555. The van der Waals surface area contributed by atoms with E-state index in [1.807, 2.05) is 0 Å². The number of ether oxygens (including phenoxy) is 1. The summed E-state index contributed by atoms with van der Waals surface area (Å²) in [4.78, 5) is 23.9. The van der Waals surface area contributed by atoms with Crippen molar-refractivity contribution >= 4 is 11.8 Å². The van der Waals surface area contributed by atoms with Crippen LogP contribution in [0.1, 0.15) is 78.6 Å². The van der Waals surface area contributed by atoms with E-state index >= 15 is 0 Å². The lowest BCUT2D eigenvalue weighted by Gasteiger charge is -2.60. The fourth-order valence-electron chi connectivity index (χ4n) is 7.38. The largest absolute Gasteiger partial charge is 0.455 e. The van der Waals surface area contributed by atoms with Crippen LogP contribution in [0.4, 0.5) is 0 Å². The molecule has 3 nitrogen and oxygen atoms in total. The predicted molar refractivity (Wildman–Crippen MR) is 92.3 cm³/mol. The maximum Gasteiger partial charge on any atom is 0.303 e. The number of hydrogen-bond donors (Lipinski definition) is 0. The molecule has 4 saturated carbocycles. The highest BCUT2D eigenvalue weighted by Gasteiger charge is 2.59. The molecule has 4 aliphatic carbocycles. The fraction of sp³-hybridized carbons (Fsp3) is 0.905. The maximum absolute atomic E-state index is 12.4. The normalized spacial score (nSPS) is 50.6. The van der Waals surface area contributed by atoms with Gasteiger partial charge in [-0.15, -0.1) is 0 Å². The Balaban J connectivity index is 1.61. The lowest BCUT2D eigenvalue weighted by molar-refractivity contribution is -0.170. The van der Waals surface area contributed by atoms with Gasteiger partial charge in [-0.25, -0.2) is 0 Å². The monoisotopic (exact) mass is 332 g/mol. The van der Waals surface area contributed by atoms with Crippen molar-refractivity contribution in [1.82, 2.24) is 0 Å². The van der Waals surface area contributed by atoms with Gasteiger partial charge in [0.15, 0.2) is 11.9 Å². The summed E-state index contributed by atoms with van der Waals surface area (Å²) in [6.07, 6.45) is 10.3. The molecule has 0 aromatic carbocycles. The molecule has 0 aromatic rings. The van der Waals surface area contributed by atoms with Crippen molar-refractivity contribution in [3.8, 4) is 0 Å². The van der Waals surface area contributed by atoms with Crippen molar-refractivity contribution in [1.29, 1.82) is 0 Å². The molecule has 0 bridgehead atoms. The highest BCUT2D eigenvalue weighted by Crippen LogP contribution is 2.66. The first-order valence-electron chi connectivity index (χ1n) is 10.0. The summed E-state index contributed by atoms with van der Waals surface area (Å²) in [5.41, 5.74) is 0.755. The van der Waals surface area contributed by atoms with Crippen LogP contribution >= 0.6 is 0 Å². The molecule has 7 atom stereocenters. The number of ketones is 1. The molecule has 0 heterocycles. The maximum atomic E-state index is 12.4. The van der Waals surface area contributed by atoms with Gasteiger partial charge in [0.1, 0.15) is 0 Å². The summed E-state index contributed by atoms with van der Waals surface area (Å²) in [5, 5.41) is 0. The summed E-state index contributed by atoms with van der Waals surface area (Å²) in [5.74, 6) is 2.79. The van der Waals surface area contributed by atoms with E-state index in [0.29, 0.717) is 17.8 Å². The lowest BCUT2D eigenvalue weighted by atomic mass is 9.45. The Kier molecular flexibility index (Phi) is 3.85. The van der Waals surface area contributed by atoms with Gasteiger partial charge in [0.2, 0.25) is 0 Å². The van der Waals surface area contributed by atoms with E-state index in [9.17, 15) is 9.59 Å². The minimum atomic E-state index is -0.487. The highest BCUT2D eigenvalue weighted by atomic mass is 16.5. The van der Waals surface area contributed by atoms with Crippen LogP contribution in [0.5, 0.6) is 0 Å². The first-order valence-corrected chi connectivity index (χ1v) is 10.0. The Morgan fingerprint density at radius 1 is 1.08 bits per heavy atom. The zero-order valence-corrected chi connectivity index (χ0v) is 15.5. The van der Waals surface area contributed by atoms with Gasteiger partial charge in [0.05, 0.1) is 0 Å². The van der Waals surface area contributed by atoms with E-state index in [1.54, 1.807) is 0 Å². The van der Waals surface area contributed by atoms with Crippen molar-refractivity contribution in [3.63, 3.8) is 0 Å². The molecule has 4 rings (SSSR count). The van der Waals surface area contributed by atoms with Crippen LogP contribution in [-0.4, -0.2) is 17.9 Å². The quantitative estimate of drug-likeness (QED) is 0.663. The van der Waals surface area contributed by atoms with E-state index in [-0.39, 0.29) is 17.2 Å². The van der Waals surface area contributed by atoms with Gasteiger partial charge in [0, 0.05) is 13.3 Å². The van der Waals surface area contributed by atoms with Gasteiger partial charge < -0.3 is 4.74 Å². The zero-order chi connectivity index (χ0) is 17.1. The topological polar surface area (TPSA) is 43.4 Å². The molecule has 4 aliphatic rings. The van der Waals surface area contributed by atoms with E-state index < -0.39 is 6.10 Å². The molecule has 3 heteroatoms. The molecule has 0 unspecified atom stereocenters. The molecule has 4 fully saturated rings. The van der Waals surface area contributed by atoms with E-state index in [4.69, 9.17) is 4.74 Å². The van der Waals surface area contributed by atoms with Crippen LogP contribution in [0.3, 0.4) is 0 Å². The molecule has 0 amide bonds. The smallest absolute Gasteiger partial charge is 0.303 e. The number of carbonyl (C=O) groups excluding carboxylic acids is 2. The fourth-order valence-corrected chi connectivity index (χ4v) is 7.38. The first kappa shape index (κ1) is 16.6. The van der Waals surface area contributed by atoms with Crippen LogP contribution in [0, 0.1) is 34.5 Å². The molecule has 134 valence electrons. The van der Waals surface area contributed by atoms with Crippen molar-refractivity contribution < 1.29 is 14.3 Å². The van der Waals surface area contributed by atoms with Crippen molar-refractivity contribution in [2.75, 3.05) is 0 Å². The average molecular weight is 332 g/mol. The third-order valence-electron chi connectivity index (χ3n) is 8.59. The minimum absolute atomic E-state index is 0.160. The summed E-state index contributed by atoms with van der Waals surface area (Å²) in [7, 11) is 0. The van der Waals surface area contributed by atoms with Crippen LogP contribution in [0.15, 0.2) is 0 Å². The highest BCUT2D eigenvalue weighted by molar-refractivity contribution is 5.86. The summed E-state index contributed by atoms with van der Waals surface area (Å²) in [6, 6.07) is 0. The van der Waals surface area contributed by atoms with Crippen LogP contribution in [0.2, 0.25) is 0 Å². The van der Waals surface area contributed by atoms with Gasteiger partial charge in [-0.1, -0.05) is 20.3 Å². The molecular formula is C21H32O3. The predicted octanol–water partition coefficient (Wildman–Crippen LogP) is 4.53. The van der Waals surface area contributed by atoms with E-state index in [1.165, 1.54) is 51.9 Å². The molecular weight excluding hydrogens is 300 g/mol. The molecule has 0 N–H and O–H groups in total. The molecule has 0 aromatic heterocycles. The second kappa shape index (κ2) is 5.57. The van der Waals surface area contributed by atoms with Gasteiger partial charge in [-0.05, 0) is 79.4 Å². The SMILES string of the molecule is CC(=O)O[C@@H]1C[C@@]2(C)[C@@H](CC[C@@H]3[C@H]2CC[C@]2(C)CCC[C@@H]32)CC1=O. The van der Waals surface area contributed by atoms with Gasteiger partial charge in [0.25, 0.3) is 0 Å². The summed E-state index contributed by atoms with van der Waals surface area (Å²) in [6.45, 7) is 6.37. The first-order chi connectivity index (χ1) is 11.3. The molecule has 0 aliphatic heterocycles. The number of carbonyl (C=O) groups is 2. The van der Waals surface area contributed by atoms with Gasteiger partial charge in [-0.3, -0.25) is 9.59 Å². The Morgan fingerprint density at radius 2 is 1.88 bits per heavy atom. The Hall–Kier alpha value is -0.860. The molecule has 24 heavy (non-hydrogen) atoms. The van der Waals surface area contributed by atoms with Crippen molar-refractivity contribution in [3.05, 3.63) is 0 Å². The van der Waals surface area contributed by atoms with Gasteiger partial charge in [-0.2, -0.15) is 0 Å². The van der Waals surface area contributed by atoms with Crippen LogP contribution in [0.25, 0.3) is 0 Å². The second-order valence-corrected chi connectivity index (χ2v) is 9.71. The lowest BCUT2D eigenvalue weighted by Crippen LogP contribution is -2.55. The van der Waals surface area contributed by atoms with Crippen LogP contribution < -0.4 is 0 Å². The summed E-state index contributed by atoms with van der Waals surface area (Å²) < 4.78 is 5.42. The van der Waals surface area contributed by atoms with Gasteiger partial charge >= 0.3 is 5.97 Å². The third-order valence-corrected chi connectivity index (χ3v) is 8.59. The number of hydrogen-bond acceptors (Lipinski definition) is 3. The Morgan fingerprint density at radius 3 is 2.62 bits per heavy atom. The molecule has 0 saturated heterocycles. The standard InChI is InChI=1S/C21H32O3/c1-13(22)24-19-12-21(3)14(11-18(19)23)6-7-15-16-5-4-9-20(16,2)10-8-17(15)21/h14-17,19H,4-12H2,1-3H3/t14-,15-,16-,17+,19+,20-,21-/m0/s1. The average Bonchev–Trinajstić information content (AvgIpc) is 2.90. The minimum Gasteiger partial charge on any atom is -0.455 e. The van der Waals surface area contributed by atoms with E-state index in [2.05, 4.69) is 13.8 Å². The second-order valence-electron chi connectivity index (χ2n) is 9.71. The zero-order valence-electron chi connectivity index (χ0n) is 15.5. The number of rotatable bonds is 1. The number of Topliss-reactive ketones (excluding diaryl/α,β-unsaturated/α-hetero) is 1. The Labute approximate surface area is 145 Å². The summed E-state index contributed by atoms with van der Waals surface area (Å²) >= 11 is 0. The third kappa shape index (κ3) is 2.37. The number of esters is 1. The van der Waals surface area contributed by atoms with Crippen molar-refractivity contribution in [2.24, 2.45) is 34.5 Å². The number of fused-ring (bicyclic) bond motifs is 5.